The van der Waals surface area contributed by atoms with Crippen LogP contribution in [0.5, 0.6) is 0 Å². The lowest BCUT2D eigenvalue weighted by Gasteiger charge is -2.37. The van der Waals surface area contributed by atoms with Crippen molar-refractivity contribution in [3.63, 3.8) is 0 Å². The molecule has 5 nitrogen and oxygen atoms in total. The van der Waals surface area contributed by atoms with Crippen LogP contribution >= 0.6 is 23.8 Å². The van der Waals surface area contributed by atoms with Gasteiger partial charge in [0, 0.05) is 22.0 Å². The van der Waals surface area contributed by atoms with E-state index in [4.69, 9.17) is 28.3 Å². The van der Waals surface area contributed by atoms with Crippen molar-refractivity contribution in [2.45, 2.75) is 13.0 Å². The minimum absolute atomic E-state index is 0.316. The first-order valence-electron chi connectivity index (χ1n) is 10.2. The van der Waals surface area contributed by atoms with E-state index in [0.717, 1.165) is 28.1 Å². The number of allylic oxidation sites excluding steroid dienone is 1. The van der Waals surface area contributed by atoms with Gasteiger partial charge < -0.3 is 9.84 Å². The summed E-state index contributed by atoms with van der Waals surface area (Å²) in [6.07, 6.45) is 0. The lowest BCUT2D eigenvalue weighted by atomic mass is 9.94. The van der Waals surface area contributed by atoms with Gasteiger partial charge in [-0.15, -0.1) is 0 Å². The number of hydrogen-bond donors (Lipinski definition) is 1. The van der Waals surface area contributed by atoms with Crippen LogP contribution in [0.2, 0.25) is 5.02 Å². The fourth-order valence-corrected chi connectivity index (χ4v) is 4.43. The summed E-state index contributed by atoms with van der Waals surface area (Å²) in [6, 6.07) is 22.9. The topological polar surface area (TPSA) is 54.2 Å². The third-order valence-corrected chi connectivity index (χ3v) is 5.98. The lowest BCUT2D eigenvalue weighted by molar-refractivity contribution is 0.404. The molecule has 4 aromatic rings. The van der Waals surface area contributed by atoms with Crippen LogP contribution in [-0.2, 0) is 0 Å². The summed E-state index contributed by atoms with van der Waals surface area (Å²) in [4.78, 5) is 6.55. The first-order chi connectivity index (χ1) is 16.0. The average molecular weight is 477 g/mol. The molecule has 3 aromatic carbocycles. The molecule has 5 rings (SSSR count). The molecule has 1 aliphatic heterocycles. The molecule has 0 fully saturated rings. The highest BCUT2D eigenvalue weighted by molar-refractivity contribution is 7.80. The predicted molar refractivity (Wildman–Crippen MR) is 131 cm³/mol. The van der Waals surface area contributed by atoms with E-state index < -0.39 is 6.04 Å². The maximum Gasteiger partial charge on any atom is 0.258 e. The van der Waals surface area contributed by atoms with Gasteiger partial charge in [-0.1, -0.05) is 65.3 Å². The van der Waals surface area contributed by atoms with Gasteiger partial charge in [-0.05, 0) is 55.0 Å². The highest BCUT2D eigenvalue weighted by Crippen LogP contribution is 2.39. The lowest BCUT2D eigenvalue weighted by Crippen LogP contribution is -2.46. The first-order valence-corrected chi connectivity index (χ1v) is 11.0. The van der Waals surface area contributed by atoms with Gasteiger partial charge in [0.1, 0.15) is 5.82 Å². The Morgan fingerprint density at radius 1 is 1.03 bits per heavy atom. The summed E-state index contributed by atoms with van der Waals surface area (Å²) >= 11 is 12.0. The number of anilines is 1. The molecule has 8 heteroatoms. The van der Waals surface area contributed by atoms with Crippen molar-refractivity contribution in [2.75, 3.05) is 4.90 Å². The van der Waals surface area contributed by atoms with Gasteiger partial charge in [-0.2, -0.15) is 4.98 Å². The van der Waals surface area contributed by atoms with Crippen LogP contribution in [0, 0.1) is 5.82 Å². The van der Waals surface area contributed by atoms with Crippen molar-refractivity contribution in [3.8, 4) is 11.4 Å². The van der Waals surface area contributed by atoms with Gasteiger partial charge in [0.15, 0.2) is 5.11 Å². The fraction of sp³-hybridized carbons (Fsp3) is 0.0800. The van der Waals surface area contributed by atoms with Crippen LogP contribution in [0.15, 0.2) is 89.1 Å². The van der Waals surface area contributed by atoms with Gasteiger partial charge in [-0.3, -0.25) is 4.90 Å². The van der Waals surface area contributed by atoms with E-state index in [9.17, 15) is 4.39 Å². The zero-order valence-electron chi connectivity index (χ0n) is 17.5. The van der Waals surface area contributed by atoms with Crippen LogP contribution in [0.4, 0.5) is 10.1 Å². The van der Waals surface area contributed by atoms with E-state index in [1.54, 1.807) is 18.2 Å². The van der Waals surface area contributed by atoms with Crippen LogP contribution < -0.4 is 10.2 Å². The Labute approximate surface area is 200 Å². The Bertz CT molecular complexity index is 1350. The second kappa shape index (κ2) is 8.77. The summed E-state index contributed by atoms with van der Waals surface area (Å²) < 4.78 is 19.3. The third kappa shape index (κ3) is 4.13. The van der Waals surface area contributed by atoms with Crippen LogP contribution in [0.25, 0.3) is 17.0 Å². The number of nitrogens with zero attached hydrogens (tertiary/aromatic N) is 3. The zero-order valence-corrected chi connectivity index (χ0v) is 19.1. The molecule has 0 aliphatic carbocycles. The van der Waals surface area contributed by atoms with E-state index in [1.807, 2.05) is 60.4 Å². The number of hydrogen-bond acceptors (Lipinski definition) is 4. The number of rotatable bonds is 4. The minimum atomic E-state index is -0.405. The van der Waals surface area contributed by atoms with Crippen molar-refractivity contribution in [1.29, 1.82) is 0 Å². The van der Waals surface area contributed by atoms with E-state index in [0.29, 0.717) is 21.9 Å². The predicted octanol–water partition coefficient (Wildman–Crippen LogP) is 6.40. The molecule has 1 N–H and O–H groups in total. The molecule has 0 saturated carbocycles. The summed E-state index contributed by atoms with van der Waals surface area (Å²) in [5, 5.41) is 8.62. The minimum Gasteiger partial charge on any atom is -0.351 e. The quantitative estimate of drug-likeness (QED) is 0.344. The van der Waals surface area contributed by atoms with Gasteiger partial charge in [-0.25, -0.2) is 4.39 Å². The molecule has 0 radical (unpaired) electrons. The van der Waals surface area contributed by atoms with Crippen molar-refractivity contribution >= 4 is 40.2 Å². The molecule has 1 atom stereocenters. The molecule has 0 saturated heterocycles. The van der Waals surface area contributed by atoms with Gasteiger partial charge in [0.05, 0.1) is 11.6 Å². The molecule has 1 unspecified atom stereocenters. The molecule has 0 bridgehead atoms. The van der Waals surface area contributed by atoms with Gasteiger partial charge in [0.2, 0.25) is 5.82 Å². The number of benzene rings is 3. The Kier molecular flexibility index (Phi) is 5.66. The third-order valence-electron chi connectivity index (χ3n) is 5.44. The second-order valence-corrected chi connectivity index (χ2v) is 8.36. The second-order valence-electron chi connectivity index (χ2n) is 7.54. The summed E-state index contributed by atoms with van der Waals surface area (Å²) in [7, 11) is 0. The number of thiocarbonyl (C=S) groups is 1. The van der Waals surface area contributed by atoms with E-state index >= 15 is 0 Å². The Morgan fingerprint density at radius 2 is 1.79 bits per heavy atom. The zero-order chi connectivity index (χ0) is 22.9. The van der Waals surface area contributed by atoms with Gasteiger partial charge >= 0.3 is 0 Å². The van der Waals surface area contributed by atoms with Crippen molar-refractivity contribution in [1.82, 2.24) is 15.5 Å². The number of nitrogens with one attached hydrogen (secondary N) is 1. The van der Waals surface area contributed by atoms with Crippen LogP contribution in [-0.4, -0.2) is 15.3 Å². The van der Waals surface area contributed by atoms with E-state index in [1.165, 1.54) is 12.1 Å². The van der Waals surface area contributed by atoms with Crippen molar-refractivity contribution < 1.29 is 8.91 Å². The highest BCUT2D eigenvalue weighted by Gasteiger charge is 2.34. The SMILES string of the molecule is CC1=C(c2nc(-c3ccccc3)no2)C(c2ccc(F)cc2)NC(=S)N1c1cccc(Cl)c1. The largest absolute Gasteiger partial charge is 0.351 e. The average Bonchev–Trinajstić information content (AvgIpc) is 3.30. The number of aromatic nitrogens is 2. The van der Waals surface area contributed by atoms with Gasteiger partial charge in [0.25, 0.3) is 5.89 Å². The monoisotopic (exact) mass is 476 g/mol. The summed E-state index contributed by atoms with van der Waals surface area (Å²) in [5.74, 6) is 0.512. The van der Waals surface area contributed by atoms with E-state index in [2.05, 4.69) is 15.5 Å². The molecule has 0 spiro atoms. The Balaban J connectivity index is 1.66. The fourth-order valence-electron chi connectivity index (χ4n) is 3.89. The van der Waals surface area contributed by atoms with Crippen LogP contribution in [0.1, 0.15) is 24.4 Å². The molecular formula is C25H18ClFN4OS. The standard InChI is InChI=1S/C25H18ClFN4OS/c1-15-21(24-29-23(30-32-24)17-6-3-2-4-7-17)22(16-10-12-19(27)13-11-16)28-25(33)31(15)20-9-5-8-18(26)14-20/h2-14,22H,1H3,(H,28,33). The van der Waals surface area contributed by atoms with E-state index in [-0.39, 0.29) is 5.82 Å². The molecule has 33 heavy (non-hydrogen) atoms. The molecule has 1 aromatic heterocycles. The molecule has 164 valence electrons. The smallest absolute Gasteiger partial charge is 0.258 e. The summed E-state index contributed by atoms with van der Waals surface area (Å²) in [5.41, 5.74) is 4.01. The van der Waals surface area contributed by atoms with Crippen LogP contribution in [0.3, 0.4) is 0 Å². The summed E-state index contributed by atoms with van der Waals surface area (Å²) in [6.45, 7) is 1.94. The Morgan fingerprint density at radius 3 is 2.52 bits per heavy atom. The molecule has 2 heterocycles. The molecule has 1 aliphatic rings. The van der Waals surface area contributed by atoms with Crippen molar-refractivity contribution in [3.05, 3.63) is 107 Å². The van der Waals surface area contributed by atoms with Crippen molar-refractivity contribution in [2.24, 2.45) is 0 Å². The maximum absolute atomic E-state index is 13.6. The highest BCUT2D eigenvalue weighted by atomic mass is 35.5. The normalized spacial score (nSPS) is 16.2. The molecular weight excluding hydrogens is 459 g/mol. The maximum atomic E-state index is 13.6. The number of halogens is 2. The molecule has 0 amide bonds. The Hall–Kier alpha value is -3.55. The first kappa shape index (κ1) is 21.3.